The second-order valence-electron chi connectivity index (χ2n) is 5.50. The molecule has 0 bridgehead atoms. The molecule has 10 heteroatoms. The molecule has 2 amide bonds. The molecule has 0 fully saturated rings. The maximum Gasteiger partial charge on any atom is 0.396 e. The van der Waals surface area contributed by atoms with E-state index in [1.54, 1.807) is 24.5 Å². The summed E-state index contributed by atoms with van der Waals surface area (Å²) in [5, 5.41) is 3.13. The van der Waals surface area contributed by atoms with E-state index in [1.807, 2.05) is 0 Å². The predicted molar refractivity (Wildman–Crippen MR) is 85.1 cm³/mol. The Hall–Kier alpha value is -3.04. The maximum atomic E-state index is 13.9. The number of aryl methyl sites for hydroxylation is 2. The van der Waals surface area contributed by atoms with Crippen LogP contribution < -0.4 is 10.6 Å². The van der Waals surface area contributed by atoms with Crippen molar-refractivity contribution < 1.29 is 27.2 Å². The molecule has 0 aliphatic rings. The van der Waals surface area contributed by atoms with Crippen LogP contribution in [-0.2, 0) is 9.59 Å². The van der Waals surface area contributed by atoms with Crippen LogP contribution in [0.2, 0.25) is 0 Å². The van der Waals surface area contributed by atoms with E-state index in [1.165, 1.54) is 24.5 Å². The molecule has 2 aromatic heterocycles. The molecular weight excluding hydrogens is 356 g/mol. The highest BCUT2D eigenvalue weighted by molar-refractivity contribution is 6.04. The van der Waals surface area contributed by atoms with Crippen molar-refractivity contribution in [3.63, 3.8) is 0 Å². The third kappa shape index (κ3) is 3.95. The summed E-state index contributed by atoms with van der Waals surface area (Å²) in [7, 11) is 0. The first-order valence-corrected chi connectivity index (χ1v) is 7.28. The minimum Gasteiger partial charge on any atom is -0.305 e. The number of halogens is 4. The van der Waals surface area contributed by atoms with Crippen LogP contribution in [0.3, 0.4) is 0 Å². The van der Waals surface area contributed by atoms with Gasteiger partial charge < -0.3 is 10.6 Å². The molecule has 0 aliphatic carbocycles. The molecule has 0 aliphatic heterocycles. The monoisotopic (exact) mass is 370 g/mol. The Morgan fingerprint density at radius 3 is 1.38 bits per heavy atom. The second-order valence-corrected chi connectivity index (χ2v) is 5.50. The largest absolute Gasteiger partial charge is 0.396 e. The Bertz CT molecular complexity index is 739. The molecule has 2 aromatic rings. The van der Waals surface area contributed by atoms with Crippen molar-refractivity contribution in [2.45, 2.75) is 25.7 Å². The molecule has 138 valence electrons. The third-order valence-electron chi connectivity index (χ3n) is 3.27. The van der Waals surface area contributed by atoms with Crippen LogP contribution >= 0.6 is 0 Å². The summed E-state index contributed by atoms with van der Waals surface area (Å²) in [6, 6.07) is 5.21. The molecule has 0 atom stereocenters. The summed E-state index contributed by atoms with van der Waals surface area (Å²) in [5.74, 6) is -16.0. The fraction of sp³-hybridized carbons (Fsp3) is 0.250. The normalized spacial score (nSPS) is 11.8. The van der Waals surface area contributed by atoms with Crippen molar-refractivity contribution in [1.82, 2.24) is 9.97 Å². The van der Waals surface area contributed by atoms with E-state index >= 15 is 0 Å². The summed E-state index contributed by atoms with van der Waals surface area (Å²) >= 11 is 0. The molecule has 2 N–H and O–H groups in total. The van der Waals surface area contributed by atoms with Crippen LogP contribution in [0, 0.1) is 13.8 Å². The quantitative estimate of drug-likeness (QED) is 0.793. The number of carbonyl (C=O) groups excluding carboxylic acids is 2. The minimum absolute atomic E-state index is 0.350. The fourth-order valence-electron chi connectivity index (χ4n) is 1.76. The second kappa shape index (κ2) is 7.06. The summed E-state index contributed by atoms with van der Waals surface area (Å²) in [5.41, 5.74) is 1.34. The Morgan fingerprint density at radius 1 is 0.769 bits per heavy atom. The van der Waals surface area contributed by atoms with Crippen molar-refractivity contribution in [2.75, 3.05) is 10.6 Å². The Balaban J connectivity index is 2.15. The zero-order chi connectivity index (χ0) is 19.5. The molecule has 6 nitrogen and oxygen atoms in total. The van der Waals surface area contributed by atoms with Gasteiger partial charge in [-0.1, -0.05) is 12.1 Å². The molecule has 0 radical (unpaired) electrons. The van der Waals surface area contributed by atoms with E-state index in [-0.39, 0.29) is 11.6 Å². The number of carbonyl (C=O) groups is 2. The summed E-state index contributed by atoms with van der Waals surface area (Å²) in [6.07, 6.45) is 2.50. The van der Waals surface area contributed by atoms with E-state index in [4.69, 9.17) is 0 Å². The standard InChI is InChI=1S/C16H14F4N4O2/c1-9-3-5-11(21-7-9)23-13(25)15(17,18)16(19,20)14(26)24-12-6-4-10(2)8-22-12/h3-8H,1-2H3,(H,21,23,25)(H,22,24,26). The number of nitrogens with zero attached hydrogens (tertiary/aromatic N) is 2. The minimum atomic E-state index is -5.31. The van der Waals surface area contributed by atoms with Gasteiger partial charge in [-0.3, -0.25) is 9.59 Å². The van der Waals surface area contributed by atoms with Gasteiger partial charge in [0.15, 0.2) is 0 Å². The predicted octanol–water partition coefficient (Wildman–Crippen LogP) is 2.94. The maximum absolute atomic E-state index is 13.9. The van der Waals surface area contributed by atoms with Gasteiger partial charge >= 0.3 is 23.7 Å². The zero-order valence-electron chi connectivity index (χ0n) is 13.7. The number of aromatic nitrogens is 2. The smallest absolute Gasteiger partial charge is 0.305 e. The van der Waals surface area contributed by atoms with Gasteiger partial charge in [0.2, 0.25) is 0 Å². The zero-order valence-corrected chi connectivity index (χ0v) is 13.7. The number of alkyl halides is 4. The number of anilines is 2. The van der Waals surface area contributed by atoms with Gasteiger partial charge in [-0.15, -0.1) is 0 Å². The summed E-state index contributed by atoms with van der Waals surface area (Å²) < 4.78 is 55.6. The lowest BCUT2D eigenvalue weighted by Gasteiger charge is -2.24. The van der Waals surface area contributed by atoms with Crippen molar-refractivity contribution >= 4 is 23.5 Å². The first kappa shape index (κ1) is 19.3. The summed E-state index contributed by atoms with van der Waals surface area (Å²) in [6.45, 7) is 3.32. The van der Waals surface area contributed by atoms with Gasteiger partial charge in [0.1, 0.15) is 11.6 Å². The van der Waals surface area contributed by atoms with E-state index in [9.17, 15) is 27.2 Å². The Kier molecular flexibility index (Phi) is 5.24. The van der Waals surface area contributed by atoms with Gasteiger partial charge in [-0.25, -0.2) is 9.97 Å². The van der Waals surface area contributed by atoms with Crippen molar-refractivity contribution in [1.29, 1.82) is 0 Å². The topological polar surface area (TPSA) is 84.0 Å². The number of nitrogens with one attached hydrogen (secondary N) is 2. The molecule has 0 saturated heterocycles. The highest BCUT2D eigenvalue weighted by Crippen LogP contribution is 2.36. The van der Waals surface area contributed by atoms with Gasteiger partial charge in [-0.2, -0.15) is 17.6 Å². The van der Waals surface area contributed by atoms with Crippen LogP contribution in [0.25, 0.3) is 0 Å². The van der Waals surface area contributed by atoms with Gasteiger partial charge in [-0.05, 0) is 37.1 Å². The fourth-order valence-corrected chi connectivity index (χ4v) is 1.76. The van der Waals surface area contributed by atoms with Crippen molar-refractivity contribution in [3.05, 3.63) is 47.8 Å². The lowest BCUT2D eigenvalue weighted by molar-refractivity contribution is -0.204. The molecule has 0 aromatic carbocycles. The van der Waals surface area contributed by atoms with E-state index in [0.717, 1.165) is 12.1 Å². The summed E-state index contributed by atoms with van der Waals surface area (Å²) in [4.78, 5) is 30.4. The Morgan fingerprint density at radius 2 is 1.12 bits per heavy atom. The number of amides is 2. The highest BCUT2D eigenvalue weighted by Gasteiger charge is 2.67. The molecule has 0 saturated carbocycles. The van der Waals surface area contributed by atoms with Crippen molar-refractivity contribution in [3.8, 4) is 0 Å². The van der Waals surface area contributed by atoms with E-state index in [0.29, 0.717) is 11.1 Å². The first-order chi connectivity index (χ1) is 12.0. The van der Waals surface area contributed by atoms with Gasteiger partial charge in [0.25, 0.3) is 0 Å². The third-order valence-corrected chi connectivity index (χ3v) is 3.27. The highest BCUT2D eigenvalue weighted by atomic mass is 19.3. The number of hydrogen-bond acceptors (Lipinski definition) is 4. The molecule has 26 heavy (non-hydrogen) atoms. The van der Waals surface area contributed by atoms with Gasteiger partial charge in [0.05, 0.1) is 0 Å². The Labute approximate surface area is 145 Å². The van der Waals surface area contributed by atoms with E-state index < -0.39 is 23.7 Å². The number of pyridine rings is 2. The number of hydrogen-bond donors (Lipinski definition) is 2. The first-order valence-electron chi connectivity index (χ1n) is 7.28. The van der Waals surface area contributed by atoms with Gasteiger partial charge in [0, 0.05) is 12.4 Å². The molecule has 2 rings (SSSR count). The molecule has 0 unspecified atom stereocenters. The molecule has 2 heterocycles. The average Bonchev–Trinajstić information content (AvgIpc) is 2.58. The average molecular weight is 370 g/mol. The SMILES string of the molecule is Cc1ccc(NC(=O)C(F)(F)C(F)(F)C(=O)Nc2ccc(C)cn2)nc1. The van der Waals surface area contributed by atoms with Crippen LogP contribution in [0.5, 0.6) is 0 Å². The van der Waals surface area contributed by atoms with Crippen molar-refractivity contribution in [2.24, 2.45) is 0 Å². The van der Waals surface area contributed by atoms with Crippen LogP contribution in [-0.4, -0.2) is 33.6 Å². The van der Waals surface area contributed by atoms with Crippen LogP contribution in [0.4, 0.5) is 29.2 Å². The molecular formula is C16H14F4N4O2. The lowest BCUT2D eigenvalue weighted by Crippen LogP contribution is -2.56. The molecule has 0 spiro atoms. The van der Waals surface area contributed by atoms with Crippen LogP contribution in [0.1, 0.15) is 11.1 Å². The van der Waals surface area contributed by atoms with Crippen LogP contribution in [0.15, 0.2) is 36.7 Å². The lowest BCUT2D eigenvalue weighted by atomic mass is 10.1. The number of rotatable bonds is 5. The van der Waals surface area contributed by atoms with E-state index in [2.05, 4.69) is 9.97 Å².